The molecule has 0 nitrogen and oxygen atoms in total. The van der Waals surface area contributed by atoms with Crippen LogP contribution >= 0.6 is 35.2 Å². The van der Waals surface area contributed by atoms with Crippen LogP contribution in [0.5, 0.6) is 0 Å². The van der Waals surface area contributed by atoms with Crippen molar-refractivity contribution >= 4 is 35.2 Å². The molecule has 0 rings (SSSR count). The van der Waals surface area contributed by atoms with Gasteiger partial charge in [0.05, 0.1) is 3.26 Å². The first-order valence-corrected chi connectivity index (χ1v) is 3.29. The van der Waals surface area contributed by atoms with Crippen molar-refractivity contribution in [3.8, 4) is 0 Å². The van der Waals surface area contributed by atoms with Crippen LogP contribution < -0.4 is 0 Å². The van der Waals surface area contributed by atoms with E-state index in [-0.39, 0.29) is 0 Å². The fraction of sp³-hybridized carbons (Fsp3) is 1.00. The number of hydrogen-bond donors (Lipinski definition) is 0. The first kappa shape index (κ1) is 6.08. The summed E-state index contributed by atoms with van der Waals surface area (Å²) in [6.45, 7) is 2.09. The molecule has 0 aliphatic heterocycles. The van der Waals surface area contributed by atoms with E-state index in [1.54, 1.807) is 0 Å². The molecule has 5 heavy (non-hydrogen) atoms. The molecule has 0 bridgehead atoms. The standard InChI is InChI=1S/C3H6IS/c1-2-3(4)5/h3H,2H2,1H3. The topological polar surface area (TPSA) is 0 Å². The van der Waals surface area contributed by atoms with Crippen LogP contribution in [0.25, 0.3) is 0 Å². The van der Waals surface area contributed by atoms with Crippen LogP contribution in [0.15, 0.2) is 0 Å². The van der Waals surface area contributed by atoms with Crippen LogP contribution in [0.4, 0.5) is 0 Å². The maximum Gasteiger partial charge on any atom is 0.0665 e. The van der Waals surface area contributed by atoms with Gasteiger partial charge in [-0.2, -0.15) is 0 Å². The Morgan fingerprint density at radius 2 is 2.20 bits per heavy atom. The molecule has 0 N–H and O–H groups in total. The predicted molar refractivity (Wildman–Crippen MR) is 35.7 cm³/mol. The van der Waals surface area contributed by atoms with Gasteiger partial charge in [-0.15, -0.1) is 0 Å². The van der Waals surface area contributed by atoms with Gasteiger partial charge in [-0.3, -0.25) is 0 Å². The molecule has 0 aliphatic carbocycles. The lowest BCUT2D eigenvalue weighted by atomic mass is 10.6. The highest BCUT2D eigenvalue weighted by Crippen LogP contribution is 2.07. The van der Waals surface area contributed by atoms with E-state index in [1.807, 2.05) is 0 Å². The van der Waals surface area contributed by atoms with Gasteiger partial charge in [0.15, 0.2) is 0 Å². The molecule has 0 fully saturated rings. The fourth-order valence-corrected chi connectivity index (χ4v) is 0. The second-order valence-corrected chi connectivity index (χ2v) is 3.74. The van der Waals surface area contributed by atoms with Crippen LogP contribution in [-0.4, -0.2) is 3.26 Å². The predicted octanol–water partition coefficient (Wildman–Crippen LogP) is 2.36. The van der Waals surface area contributed by atoms with E-state index in [1.165, 1.54) is 0 Å². The number of halogens is 1. The summed E-state index contributed by atoms with van der Waals surface area (Å²) in [5.74, 6) is 0. The first-order valence-electron chi connectivity index (χ1n) is 1.57. The van der Waals surface area contributed by atoms with Crippen molar-refractivity contribution in [3.05, 3.63) is 0 Å². The van der Waals surface area contributed by atoms with Gasteiger partial charge in [0, 0.05) is 0 Å². The van der Waals surface area contributed by atoms with E-state index in [9.17, 15) is 0 Å². The molecule has 0 saturated heterocycles. The Kier molecular flexibility index (Phi) is 3.98. The molecular formula is C3H6IS. The van der Waals surface area contributed by atoms with Gasteiger partial charge in [-0.1, -0.05) is 42.1 Å². The molecule has 0 heterocycles. The second-order valence-electron chi connectivity index (χ2n) is 0.818. The molecule has 0 saturated carbocycles. The zero-order valence-corrected chi connectivity index (χ0v) is 6.04. The number of rotatable bonds is 1. The average molecular weight is 201 g/mol. The molecule has 1 atom stereocenters. The van der Waals surface area contributed by atoms with Crippen LogP contribution in [0.2, 0.25) is 0 Å². The summed E-state index contributed by atoms with van der Waals surface area (Å²) in [5.41, 5.74) is 0. The lowest BCUT2D eigenvalue weighted by Crippen LogP contribution is -1.74. The summed E-state index contributed by atoms with van der Waals surface area (Å²) in [6.07, 6.45) is 1.11. The quantitative estimate of drug-likeness (QED) is 0.451. The minimum Gasteiger partial charge on any atom is -0.0789 e. The van der Waals surface area contributed by atoms with E-state index >= 15 is 0 Å². The Morgan fingerprint density at radius 3 is 2.20 bits per heavy atom. The van der Waals surface area contributed by atoms with Gasteiger partial charge in [0.25, 0.3) is 0 Å². The molecule has 31 valence electrons. The zero-order valence-electron chi connectivity index (χ0n) is 3.07. The minimum absolute atomic E-state index is 0.438. The summed E-state index contributed by atoms with van der Waals surface area (Å²) < 4.78 is 0.438. The molecule has 1 unspecified atom stereocenters. The summed E-state index contributed by atoms with van der Waals surface area (Å²) >= 11 is 6.99. The third-order valence-corrected chi connectivity index (χ3v) is 1.54. The maximum atomic E-state index is 4.77. The van der Waals surface area contributed by atoms with Crippen molar-refractivity contribution in [1.29, 1.82) is 0 Å². The van der Waals surface area contributed by atoms with Gasteiger partial charge >= 0.3 is 0 Å². The van der Waals surface area contributed by atoms with E-state index in [0.717, 1.165) is 6.42 Å². The summed E-state index contributed by atoms with van der Waals surface area (Å²) in [7, 11) is 0. The monoisotopic (exact) mass is 201 g/mol. The molecule has 0 aromatic rings. The zero-order chi connectivity index (χ0) is 4.28. The second kappa shape index (κ2) is 3.28. The lowest BCUT2D eigenvalue weighted by Gasteiger charge is -1.85. The number of hydrogen-bond acceptors (Lipinski definition) is 0. The van der Waals surface area contributed by atoms with E-state index in [2.05, 4.69) is 29.5 Å². The highest BCUT2D eigenvalue weighted by Gasteiger charge is 1.85. The van der Waals surface area contributed by atoms with E-state index in [4.69, 9.17) is 12.6 Å². The Morgan fingerprint density at radius 1 is 2.00 bits per heavy atom. The molecule has 0 spiro atoms. The molecule has 2 heteroatoms. The number of alkyl halides is 1. The van der Waals surface area contributed by atoms with E-state index in [0.29, 0.717) is 3.26 Å². The smallest absolute Gasteiger partial charge is 0.0665 e. The molecule has 1 radical (unpaired) electrons. The van der Waals surface area contributed by atoms with Gasteiger partial charge in [-0.25, -0.2) is 0 Å². The van der Waals surface area contributed by atoms with Gasteiger partial charge in [0.2, 0.25) is 0 Å². The Balaban J connectivity index is 2.54. The Hall–Kier alpha value is 1.08. The van der Waals surface area contributed by atoms with Crippen molar-refractivity contribution in [2.45, 2.75) is 16.6 Å². The van der Waals surface area contributed by atoms with Crippen molar-refractivity contribution in [1.82, 2.24) is 0 Å². The summed E-state index contributed by atoms with van der Waals surface area (Å²) in [5, 5.41) is 0. The first-order chi connectivity index (χ1) is 2.27. The van der Waals surface area contributed by atoms with Crippen LogP contribution in [0.1, 0.15) is 13.3 Å². The van der Waals surface area contributed by atoms with Crippen molar-refractivity contribution < 1.29 is 0 Å². The van der Waals surface area contributed by atoms with Crippen molar-refractivity contribution in [3.63, 3.8) is 0 Å². The Labute approximate surface area is 51.9 Å². The van der Waals surface area contributed by atoms with Crippen molar-refractivity contribution in [2.24, 2.45) is 0 Å². The van der Waals surface area contributed by atoms with Crippen LogP contribution in [0.3, 0.4) is 0 Å². The highest BCUT2D eigenvalue weighted by molar-refractivity contribution is 14.1. The average Bonchev–Trinajstić information content (AvgIpc) is 1.38. The summed E-state index contributed by atoms with van der Waals surface area (Å²) in [6, 6.07) is 0. The molecule has 0 amide bonds. The van der Waals surface area contributed by atoms with Gasteiger partial charge < -0.3 is 0 Å². The third-order valence-electron chi connectivity index (χ3n) is 0.321. The molecular weight excluding hydrogens is 195 g/mol. The minimum atomic E-state index is 0.438. The summed E-state index contributed by atoms with van der Waals surface area (Å²) in [4.78, 5) is 0. The Bertz CT molecular complexity index is 20.9. The fourth-order valence-electron chi connectivity index (χ4n) is 0. The van der Waals surface area contributed by atoms with E-state index < -0.39 is 0 Å². The lowest BCUT2D eigenvalue weighted by molar-refractivity contribution is 1.09. The molecule has 0 aromatic heterocycles. The normalized spacial score (nSPS) is 15.0. The third kappa shape index (κ3) is 5.08. The maximum absolute atomic E-state index is 4.77. The van der Waals surface area contributed by atoms with Crippen LogP contribution in [0, 0.1) is 0 Å². The largest absolute Gasteiger partial charge is 0.0789 e. The molecule has 0 aliphatic rings. The molecule has 0 aromatic carbocycles. The highest BCUT2D eigenvalue weighted by atomic mass is 127. The van der Waals surface area contributed by atoms with Crippen molar-refractivity contribution in [2.75, 3.05) is 0 Å². The van der Waals surface area contributed by atoms with Gasteiger partial charge in [-0.05, 0) is 6.42 Å². The van der Waals surface area contributed by atoms with Gasteiger partial charge in [0.1, 0.15) is 0 Å². The van der Waals surface area contributed by atoms with Crippen LogP contribution in [-0.2, 0) is 0 Å². The SMILES string of the molecule is CCC([S])I.